The zero-order chi connectivity index (χ0) is 27.6. The number of amides is 1. The number of rotatable bonds is 8. The van der Waals surface area contributed by atoms with Crippen molar-refractivity contribution in [2.75, 3.05) is 25.1 Å². The van der Waals surface area contributed by atoms with Crippen LogP contribution in [0.25, 0.3) is 5.76 Å². The largest absolute Gasteiger partial charge is 0.507 e. The quantitative estimate of drug-likeness (QED) is 0.205. The Kier molecular flexibility index (Phi) is 8.12. The number of hydrogen-bond acceptors (Lipinski definition) is 5. The predicted octanol–water partition coefficient (Wildman–Crippen LogP) is 6.43. The van der Waals surface area contributed by atoms with E-state index in [9.17, 15) is 14.7 Å². The highest BCUT2D eigenvalue weighted by molar-refractivity contribution is 6.46. The number of aliphatic hydroxyl groups is 1. The van der Waals surface area contributed by atoms with Crippen molar-refractivity contribution >= 4 is 34.7 Å². The van der Waals surface area contributed by atoms with Crippen LogP contribution in [0, 0.1) is 13.8 Å². The molecule has 3 aromatic rings. The molecule has 1 aliphatic heterocycles. The molecule has 38 heavy (non-hydrogen) atoms. The highest BCUT2D eigenvalue weighted by Crippen LogP contribution is 2.41. The normalized spacial score (nSPS) is 16.7. The first kappa shape index (κ1) is 27.3. The first-order chi connectivity index (χ1) is 18.2. The molecule has 1 saturated heterocycles. The molecule has 1 unspecified atom stereocenters. The van der Waals surface area contributed by atoms with Gasteiger partial charge >= 0.3 is 0 Å². The monoisotopic (exact) mass is 532 g/mol. The molecule has 198 valence electrons. The molecule has 0 radical (unpaired) electrons. The van der Waals surface area contributed by atoms with Gasteiger partial charge < -0.3 is 19.6 Å². The number of ketones is 1. The van der Waals surface area contributed by atoms with Gasteiger partial charge in [0.25, 0.3) is 11.7 Å². The Hall–Kier alpha value is -3.77. The Labute approximate surface area is 229 Å². The van der Waals surface area contributed by atoms with Crippen LogP contribution in [0.4, 0.5) is 5.69 Å². The highest BCUT2D eigenvalue weighted by Gasteiger charge is 2.46. The second-order valence-electron chi connectivity index (χ2n) is 9.47. The van der Waals surface area contributed by atoms with Gasteiger partial charge in [-0.2, -0.15) is 0 Å². The smallest absolute Gasteiger partial charge is 0.295 e. The van der Waals surface area contributed by atoms with Gasteiger partial charge in [-0.25, -0.2) is 0 Å². The number of aryl methyl sites for hydroxylation is 2. The van der Waals surface area contributed by atoms with Gasteiger partial charge in [-0.05, 0) is 74.7 Å². The van der Waals surface area contributed by atoms with Crippen molar-refractivity contribution < 1.29 is 19.4 Å². The summed E-state index contributed by atoms with van der Waals surface area (Å²) in [5.74, 6) is -1.20. The highest BCUT2D eigenvalue weighted by atomic mass is 35.5. The Morgan fingerprint density at radius 1 is 1.00 bits per heavy atom. The van der Waals surface area contributed by atoms with Crippen molar-refractivity contribution in [1.29, 1.82) is 0 Å². The van der Waals surface area contributed by atoms with Crippen LogP contribution in [0.15, 0.2) is 66.2 Å². The molecule has 0 bridgehead atoms. The number of nitrogens with zero attached hydrogens (tertiary/aromatic N) is 2. The molecular formula is C31H33ClN2O4. The van der Waals surface area contributed by atoms with Crippen molar-refractivity contribution in [1.82, 2.24) is 4.90 Å². The Bertz CT molecular complexity index is 1390. The molecule has 1 aliphatic rings. The molecule has 3 aromatic carbocycles. The van der Waals surface area contributed by atoms with Crippen LogP contribution in [0.5, 0.6) is 5.75 Å². The van der Waals surface area contributed by atoms with Crippen molar-refractivity contribution in [2.24, 2.45) is 0 Å². The van der Waals surface area contributed by atoms with E-state index in [1.807, 2.05) is 56.3 Å². The van der Waals surface area contributed by atoms with Crippen molar-refractivity contribution in [3.63, 3.8) is 0 Å². The van der Waals surface area contributed by atoms with E-state index in [1.165, 1.54) is 13.2 Å². The van der Waals surface area contributed by atoms with Crippen LogP contribution in [-0.2, 0) is 16.1 Å². The van der Waals surface area contributed by atoms with Crippen LogP contribution in [0.1, 0.15) is 47.7 Å². The summed E-state index contributed by atoms with van der Waals surface area (Å²) in [6.07, 6.45) is 0. The molecule has 6 nitrogen and oxygen atoms in total. The molecule has 0 saturated carbocycles. The zero-order valence-corrected chi connectivity index (χ0v) is 23.2. The van der Waals surface area contributed by atoms with Gasteiger partial charge in [0.2, 0.25) is 0 Å². The molecule has 7 heteroatoms. The molecule has 1 atom stereocenters. The third kappa shape index (κ3) is 5.14. The predicted molar refractivity (Wildman–Crippen MR) is 152 cm³/mol. The van der Waals surface area contributed by atoms with Crippen LogP contribution < -0.4 is 9.64 Å². The second kappa shape index (κ2) is 11.3. The van der Waals surface area contributed by atoms with Gasteiger partial charge in [-0.15, -0.1) is 0 Å². The lowest BCUT2D eigenvalue weighted by atomic mass is 9.94. The van der Waals surface area contributed by atoms with Crippen LogP contribution in [0.3, 0.4) is 0 Å². The third-order valence-electron chi connectivity index (χ3n) is 7.15. The summed E-state index contributed by atoms with van der Waals surface area (Å²) < 4.78 is 5.22. The van der Waals surface area contributed by atoms with Crippen LogP contribution in [0.2, 0.25) is 5.02 Å². The molecule has 1 fully saturated rings. The number of anilines is 1. The number of methoxy groups -OCH3 is 1. The number of likely N-dealkylation sites (tertiary alicyclic amines) is 1. The van der Waals surface area contributed by atoms with Gasteiger partial charge in [-0.3, -0.25) is 9.59 Å². The lowest BCUT2D eigenvalue weighted by molar-refractivity contribution is -0.140. The van der Waals surface area contributed by atoms with E-state index in [0.717, 1.165) is 41.0 Å². The van der Waals surface area contributed by atoms with Crippen LogP contribution >= 0.6 is 11.6 Å². The lowest BCUT2D eigenvalue weighted by Gasteiger charge is -2.27. The summed E-state index contributed by atoms with van der Waals surface area (Å²) in [6.45, 7) is 10.1. The van der Waals surface area contributed by atoms with E-state index in [1.54, 1.807) is 17.0 Å². The minimum absolute atomic E-state index is 0.0390. The molecule has 4 rings (SSSR count). The minimum Gasteiger partial charge on any atom is -0.507 e. The van der Waals surface area contributed by atoms with Gasteiger partial charge in [0.15, 0.2) is 0 Å². The number of benzene rings is 3. The first-order valence-corrected chi connectivity index (χ1v) is 13.1. The molecule has 0 aromatic heterocycles. The van der Waals surface area contributed by atoms with E-state index in [2.05, 4.69) is 18.7 Å². The molecule has 0 aliphatic carbocycles. The molecule has 1 amide bonds. The summed E-state index contributed by atoms with van der Waals surface area (Å²) in [5, 5.41) is 11.7. The fraction of sp³-hybridized carbons (Fsp3) is 0.290. The lowest BCUT2D eigenvalue weighted by Crippen LogP contribution is -2.29. The van der Waals surface area contributed by atoms with Gasteiger partial charge in [0.1, 0.15) is 11.5 Å². The number of carbonyl (C=O) groups excluding carboxylic acids is 2. The minimum atomic E-state index is -0.762. The number of aliphatic hydroxyl groups excluding tert-OH is 1. The third-order valence-corrected chi connectivity index (χ3v) is 7.44. The molecule has 1 heterocycles. The summed E-state index contributed by atoms with van der Waals surface area (Å²) in [7, 11) is 1.50. The number of carbonyl (C=O) groups is 2. The van der Waals surface area contributed by atoms with E-state index in [-0.39, 0.29) is 17.9 Å². The summed E-state index contributed by atoms with van der Waals surface area (Å²) in [5.41, 5.74) is 5.20. The van der Waals surface area contributed by atoms with Crippen molar-refractivity contribution in [3.05, 3.63) is 99.1 Å². The summed E-state index contributed by atoms with van der Waals surface area (Å²) in [4.78, 5) is 30.7. The fourth-order valence-corrected chi connectivity index (χ4v) is 5.23. The average molecular weight is 533 g/mol. The Morgan fingerprint density at radius 3 is 2.29 bits per heavy atom. The van der Waals surface area contributed by atoms with Crippen molar-refractivity contribution in [3.8, 4) is 5.75 Å². The topological polar surface area (TPSA) is 70.1 Å². The standard InChI is InChI=1S/C31H33ClN2O4/c1-6-33(7-2)24-13-10-21(11-14-24)28-27(29(35)22-12-15-26(38-5)25(32)17-22)30(36)31(37)34(28)18-23-16-19(3)8-9-20(23)4/h8-17,28,35H,6-7,18H2,1-5H3/b29-27-. The molecule has 0 spiro atoms. The van der Waals surface area contributed by atoms with Crippen LogP contribution in [-0.4, -0.2) is 41.9 Å². The average Bonchev–Trinajstić information content (AvgIpc) is 3.16. The SMILES string of the molecule is CCN(CC)c1ccc(C2/C(=C(/O)c3ccc(OC)c(Cl)c3)C(=O)C(=O)N2Cc2cc(C)ccc2C)cc1. The number of halogens is 1. The van der Waals surface area contributed by atoms with Gasteiger partial charge in [0, 0.05) is 30.9 Å². The summed E-state index contributed by atoms with van der Waals surface area (Å²) in [6, 6.07) is 17.9. The van der Waals surface area contributed by atoms with E-state index in [4.69, 9.17) is 16.3 Å². The molecule has 1 N–H and O–H groups in total. The van der Waals surface area contributed by atoms with E-state index >= 15 is 0 Å². The van der Waals surface area contributed by atoms with Gasteiger partial charge in [0.05, 0.1) is 23.7 Å². The number of ether oxygens (including phenoxy) is 1. The Morgan fingerprint density at radius 2 is 1.68 bits per heavy atom. The van der Waals surface area contributed by atoms with Crippen molar-refractivity contribution in [2.45, 2.75) is 40.3 Å². The maximum atomic E-state index is 13.5. The van der Waals surface area contributed by atoms with E-state index < -0.39 is 17.7 Å². The first-order valence-electron chi connectivity index (χ1n) is 12.7. The maximum absolute atomic E-state index is 13.5. The second-order valence-corrected chi connectivity index (χ2v) is 9.88. The maximum Gasteiger partial charge on any atom is 0.295 e. The van der Waals surface area contributed by atoms with E-state index in [0.29, 0.717) is 16.3 Å². The zero-order valence-electron chi connectivity index (χ0n) is 22.4. The number of Topliss-reactive ketones (excluding diaryl/α,β-unsaturated/α-hetero) is 1. The summed E-state index contributed by atoms with van der Waals surface area (Å²) >= 11 is 6.32. The molecular weight excluding hydrogens is 500 g/mol. The Balaban J connectivity index is 1.86. The fourth-order valence-electron chi connectivity index (χ4n) is 4.97. The number of hydrogen-bond donors (Lipinski definition) is 1. The van der Waals surface area contributed by atoms with Gasteiger partial charge in [-0.1, -0.05) is 47.5 Å².